The third kappa shape index (κ3) is 7.30. The molecule has 49 heavy (non-hydrogen) atoms. The van der Waals surface area contributed by atoms with Crippen molar-refractivity contribution >= 4 is 0 Å². The predicted octanol–water partition coefficient (Wildman–Crippen LogP) is 8.97. The number of para-hydroxylation sites is 2. The zero-order valence-electron chi connectivity index (χ0n) is 27.0. The molecule has 0 saturated heterocycles. The number of fused-ring (bicyclic) bond motifs is 3. The van der Waals surface area contributed by atoms with E-state index in [2.05, 4.69) is 79.4 Å². The monoisotopic (exact) mass is 650 g/mol. The maximum Gasteiger partial charge on any atom is 0.230 e. The van der Waals surface area contributed by atoms with Gasteiger partial charge in [0.2, 0.25) is 6.79 Å². The van der Waals surface area contributed by atoms with Gasteiger partial charge in [-0.05, 0) is 81.9 Å². The molecule has 6 nitrogen and oxygen atoms in total. The van der Waals surface area contributed by atoms with E-state index in [1.54, 1.807) is 0 Å². The Bertz CT molecular complexity index is 1880. The van der Waals surface area contributed by atoms with E-state index in [1.165, 1.54) is 22.3 Å². The summed E-state index contributed by atoms with van der Waals surface area (Å²) in [5.41, 5.74) is 6.58. The highest BCUT2D eigenvalue weighted by molar-refractivity contribution is 5.86. The minimum atomic E-state index is -0.765. The molecule has 0 amide bonds. The molecule has 1 unspecified atom stereocenters. The fourth-order valence-electron chi connectivity index (χ4n) is 6.26. The summed E-state index contributed by atoms with van der Waals surface area (Å²) in [6.07, 6.45) is -0.0152. The summed E-state index contributed by atoms with van der Waals surface area (Å²) < 4.78 is 23.3. The van der Waals surface area contributed by atoms with Crippen LogP contribution >= 0.6 is 0 Å². The molecule has 1 atom stereocenters. The van der Waals surface area contributed by atoms with Crippen molar-refractivity contribution in [2.75, 3.05) is 20.0 Å². The lowest BCUT2D eigenvalue weighted by Gasteiger charge is -2.34. The van der Waals surface area contributed by atoms with Crippen LogP contribution in [0.2, 0.25) is 0 Å². The first-order valence-corrected chi connectivity index (χ1v) is 16.1. The van der Waals surface area contributed by atoms with Crippen LogP contribution in [0.5, 0.6) is 23.0 Å². The summed E-state index contributed by atoms with van der Waals surface area (Å²) in [5, 5.41) is 17.8. The SMILES string of the molecule is C=CO.OC(COc1ccccc1)COc1ccc(C2(c3ccc(OCOc4ccccc4)cc3)c3ccccc3-c3ccccc32)cc1. The second-order valence-corrected chi connectivity index (χ2v) is 11.4. The van der Waals surface area contributed by atoms with Gasteiger partial charge in [0, 0.05) is 0 Å². The molecule has 0 aliphatic heterocycles. The highest BCUT2D eigenvalue weighted by Gasteiger charge is 2.45. The van der Waals surface area contributed by atoms with Crippen LogP contribution in [-0.2, 0) is 5.41 Å². The van der Waals surface area contributed by atoms with Gasteiger partial charge in [-0.25, -0.2) is 0 Å². The molecule has 246 valence electrons. The van der Waals surface area contributed by atoms with E-state index in [0.717, 1.165) is 28.9 Å². The summed E-state index contributed by atoms with van der Waals surface area (Å²) in [4.78, 5) is 0. The Labute approximate surface area is 287 Å². The van der Waals surface area contributed by atoms with E-state index in [0.29, 0.717) is 11.5 Å². The van der Waals surface area contributed by atoms with Gasteiger partial charge in [0.25, 0.3) is 0 Å². The van der Waals surface area contributed by atoms with Crippen molar-refractivity contribution in [2.45, 2.75) is 11.5 Å². The van der Waals surface area contributed by atoms with Crippen molar-refractivity contribution in [1.82, 2.24) is 0 Å². The number of aliphatic hydroxyl groups is 2. The predicted molar refractivity (Wildman–Crippen MR) is 193 cm³/mol. The fraction of sp³-hybridized carbons (Fsp3) is 0.116. The first kappa shape index (κ1) is 32.9. The lowest BCUT2D eigenvalue weighted by molar-refractivity contribution is 0.0626. The molecular weight excluding hydrogens is 612 g/mol. The summed E-state index contributed by atoms with van der Waals surface area (Å²) in [6, 6.07) is 52.8. The lowest BCUT2D eigenvalue weighted by Crippen LogP contribution is -2.28. The summed E-state index contributed by atoms with van der Waals surface area (Å²) in [7, 11) is 0. The second kappa shape index (κ2) is 15.7. The van der Waals surface area contributed by atoms with Gasteiger partial charge in [0.15, 0.2) is 0 Å². The summed E-state index contributed by atoms with van der Waals surface area (Å²) in [6.45, 7) is 3.31. The normalized spacial score (nSPS) is 12.7. The molecule has 2 N–H and O–H groups in total. The van der Waals surface area contributed by atoms with Crippen LogP contribution in [0.1, 0.15) is 22.3 Å². The number of hydrogen-bond donors (Lipinski definition) is 2. The molecule has 7 rings (SSSR count). The number of rotatable bonds is 12. The average molecular weight is 651 g/mol. The fourth-order valence-corrected chi connectivity index (χ4v) is 6.26. The van der Waals surface area contributed by atoms with Crippen molar-refractivity contribution in [3.63, 3.8) is 0 Å². The van der Waals surface area contributed by atoms with E-state index < -0.39 is 11.5 Å². The van der Waals surface area contributed by atoms with Crippen LogP contribution in [0.15, 0.2) is 171 Å². The van der Waals surface area contributed by atoms with Gasteiger partial charge in [0.05, 0.1) is 11.7 Å². The van der Waals surface area contributed by atoms with Crippen molar-refractivity contribution in [2.24, 2.45) is 0 Å². The van der Waals surface area contributed by atoms with Gasteiger partial charge in [-0.2, -0.15) is 0 Å². The Kier molecular flexibility index (Phi) is 10.6. The standard InChI is InChI=1S/C41H34O5.C2H4O/c42-32(27-43-33-11-3-1-4-12-33)28-44-35-23-19-30(20-24-35)41(39-17-9-7-15-37(39)38-16-8-10-18-40(38)41)31-21-25-36(26-22-31)46-29-45-34-13-5-2-6-14-34;1-2-3/h1-26,32,42H,27-29H2;2-3H,1H2. The Hall–Kier alpha value is -5.98. The summed E-state index contributed by atoms with van der Waals surface area (Å²) in [5.74, 6) is 2.89. The number of hydrogen-bond acceptors (Lipinski definition) is 6. The van der Waals surface area contributed by atoms with Crippen molar-refractivity contribution in [3.8, 4) is 34.1 Å². The lowest BCUT2D eigenvalue weighted by atomic mass is 9.68. The topological polar surface area (TPSA) is 77.4 Å². The van der Waals surface area contributed by atoms with Crippen molar-refractivity contribution in [1.29, 1.82) is 0 Å². The molecule has 6 aromatic carbocycles. The molecule has 1 aliphatic rings. The molecule has 0 aromatic heterocycles. The number of aliphatic hydroxyl groups excluding tert-OH is 2. The van der Waals surface area contributed by atoms with Crippen molar-refractivity contribution < 1.29 is 29.2 Å². The molecular formula is C43H38O6. The quantitative estimate of drug-likeness (QED) is 0.102. The van der Waals surface area contributed by atoms with Gasteiger partial charge >= 0.3 is 0 Å². The number of ether oxygens (including phenoxy) is 4. The smallest absolute Gasteiger partial charge is 0.230 e. The van der Waals surface area contributed by atoms with Gasteiger partial charge in [-0.15, -0.1) is 0 Å². The molecule has 0 radical (unpaired) electrons. The van der Waals surface area contributed by atoms with Crippen LogP contribution < -0.4 is 18.9 Å². The highest BCUT2D eigenvalue weighted by Crippen LogP contribution is 2.56. The molecule has 6 aromatic rings. The molecule has 0 heterocycles. The molecule has 0 fully saturated rings. The first-order valence-electron chi connectivity index (χ1n) is 16.1. The minimum Gasteiger partial charge on any atom is -0.516 e. The molecule has 0 saturated carbocycles. The van der Waals surface area contributed by atoms with E-state index in [-0.39, 0.29) is 20.0 Å². The zero-order chi connectivity index (χ0) is 33.9. The maximum absolute atomic E-state index is 10.5. The van der Waals surface area contributed by atoms with Crippen LogP contribution in [-0.4, -0.2) is 36.3 Å². The van der Waals surface area contributed by atoms with Gasteiger partial charge in [-0.3, -0.25) is 0 Å². The van der Waals surface area contributed by atoms with E-state index in [9.17, 15) is 5.11 Å². The molecule has 0 bridgehead atoms. The minimum absolute atomic E-state index is 0.120. The summed E-state index contributed by atoms with van der Waals surface area (Å²) >= 11 is 0. The van der Waals surface area contributed by atoms with Gasteiger partial charge in [0.1, 0.15) is 42.3 Å². The van der Waals surface area contributed by atoms with Crippen LogP contribution in [0.3, 0.4) is 0 Å². The Morgan fingerprint density at radius 1 is 0.490 bits per heavy atom. The molecule has 1 aliphatic carbocycles. The third-order valence-electron chi connectivity index (χ3n) is 8.35. The second-order valence-electron chi connectivity index (χ2n) is 11.4. The van der Waals surface area contributed by atoms with E-state index in [1.807, 2.05) is 84.9 Å². The van der Waals surface area contributed by atoms with Crippen LogP contribution in [0, 0.1) is 0 Å². The van der Waals surface area contributed by atoms with Crippen molar-refractivity contribution in [3.05, 3.63) is 193 Å². The van der Waals surface area contributed by atoms with E-state index >= 15 is 0 Å². The van der Waals surface area contributed by atoms with Gasteiger partial charge in [-0.1, -0.05) is 116 Å². The average Bonchev–Trinajstić information content (AvgIpc) is 3.46. The zero-order valence-corrected chi connectivity index (χ0v) is 27.0. The highest BCUT2D eigenvalue weighted by atomic mass is 16.7. The van der Waals surface area contributed by atoms with Crippen LogP contribution in [0.4, 0.5) is 0 Å². The first-order chi connectivity index (χ1) is 24.1. The maximum atomic E-state index is 10.5. The van der Waals surface area contributed by atoms with E-state index in [4.69, 9.17) is 24.1 Å². The number of benzene rings is 6. The third-order valence-corrected chi connectivity index (χ3v) is 8.35. The molecule has 6 heteroatoms. The molecule has 0 spiro atoms. The Morgan fingerprint density at radius 3 is 1.29 bits per heavy atom. The Morgan fingerprint density at radius 2 is 0.837 bits per heavy atom. The largest absolute Gasteiger partial charge is 0.516 e. The van der Waals surface area contributed by atoms with Crippen LogP contribution in [0.25, 0.3) is 11.1 Å². The van der Waals surface area contributed by atoms with Gasteiger partial charge < -0.3 is 29.2 Å². The Balaban J connectivity index is 0.00000134.